The molecule has 1 nitrogen and oxygen atoms in total. The topological polar surface area (TPSA) is 20.2 Å². The van der Waals surface area contributed by atoms with Gasteiger partial charge < -0.3 is 5.11 Å². The van der Waals surface area contributed by atoms with E-state index < -0.39 is 0 Å². The molecule has 0 fully saturated rings. The summed E-state index contributed by atoms with van der Waals surface area (Å²) in [5, 5.41) is 9.37. The zero-order valence-electron chi connectivity index (χ0n) is 10.1. The fourth-order valence-electron chi connectivity index (χ4n) is 2.17. The maximum absolute atomic E-state index is 13.1. The molecule has 0 radical (unpaired) electrons. The number of hydrogen-bond donors (Lipinski definition) is 1. The van der Waals surface area contributed by atoms with Crippen LogP contribution in [0.25, 0.3) is 0 Å². The van der Waals surface area contributed by atoms with Crippen LogP contribution >= 0.6 is 0 Å². The van der Waals surface area contributed by atoms with Gasteiger partial charge in [0.05, 0.1) is 0 Å². The first-order valence-electron chi connectivity index (χ1n) is 6.03. The molecule has 1 N–H and O–H groups in total. The van der Waals surface area contributed by atoms with Crippen LogP contribution in [0.1, 0.15) is 44.6 Å². The highest BCUT2D eigenvalue weighted by molar-refractivity contribution is 5.20. The predicted octanol–water partition coefficient (Wildman–Crippen LogP) is 3.73. The Bertz CT molecular complexity index is 311. The van der Waals surface area contributed by atoms with Crippen molar-refractivity contribution >= 4 is 0 Å². The minimum absolute atomic E-state index is 0.0669. The van der Waals surface area contributed by atoms with E-state index >= 15 is 0 Å². The molecular weight excluding hydrogens is 203 g/mol. The predicted molar refractivity (Wildman–Crippen MR) is 64.9 cm³/mol. The van der Waals surface area contributed by atoms with Gasteiger partial charge in [0.2, 0.25) is 0 Å². The average Bonchev–Trinajstić information content (AvgIpc) is 2.26. The zero-order valence-corrected chi connectivity index (χ0v) is 10.1. The number of aliphatic hydroxyl groups excluding tert-OH is 1. The maximum Gasteiger partial charge on any atom is 0.123 e. The van der Waals surface area contributed by atoms with Crippen LogP contribution in [0, 0.1) is 11.7 Å². The third kappa shape index (κ3) is 3.93. The average molecular weight is 224 g/mol. The van der Waals surface area contributed by atoms with Gasteiger partial charge in [0.25, 0.3) is 0 Å². The molecule has 0 aromatic heterocycles. The molecule has 0 heterocycles. The molecular formula is C14H21FO. The van der Waals surface area contributed by atoms with Crippen LogP contribution in [0.4, 0.5) is 4.39 Å². The van der Waals surface area contributed by atoms with Crippen LogP contribution in [0.15, 0.2) is 24.3 Å². The lowest BCUT2D eigenvalue weighted by Gasteiger charge is -2.19. The first-order chi connectivity index (χ1) is 7.67. The monoisotopic (exact) mass is 224 g/mol. The Hall–Kier alpha value is -0.890. The minimum Gasteiger partial charge on any atom is -0.396 e. The fourth-order valence-corrected chi connectivity index (χ4v) is 2.17. The van der Waals surface area contributed by atoms with Crippen molar-refractivity contribution in [3.63, 3.8) is 0 Å². The number of halogens is 1. The molecule has 0 bridgehead atoms. The largest absolute Gasteiger partial charge is 0.396 e. The normalized spacial score (nSPS) is 14.8. The van der Waals surface area contributed by atoms with E-state index in [9.17, 15) is 9.50 Å². The van der Waals surface area contributed by atoms with Crippen LogP contribution in [0.3, 0.4) is 0 Å². The third-order valence-electron chi connectivity index (χ3n) is 3.01. The minimum atomic E-state index is -0.223. The molecule has 1 aromatic carbocycles. The molecule has 0 spiro atoms. The molecule has 2 heteroatoms. The highest BCUT2D eigenvalue weighted by Gasteiger charge is 2.14. The van der Waals surface area contributed by atoms with Gasteiger partial charge >= 0.3 is 0 Å². The van der Waals surface area contributed by atoms with E-state index in [2.05, 4.69) is 13.8 Å². The van der Waals surface area contributed by atoms with Gasteiger partial charge in [-0.1, -0.05) is 38.8 Å². The number of benzene rings is 1. The lowest BCUT2D eigenvalue weighted by molar-refractivity contribution is 0.243. The number of rotatable bonds is 6. The van der Waals surface area contributed by atoms with E-state index in [1.807, 2.05) is 6.07 Å². The van der Waals surface area contributed by atoms with Gasteiger partial charge in [0.1, 0.15) is 5.82 Å². The van der Waals surface area contributed by atoms with E-state index in [1.54, 1.807) is 6.07 Å². The van der Waals surface area contributed by atoms with Crippen molar-refractivity contribution in [2.24, 2.45) is 5.92 Å². The van der Waals surface area contributed by atoms with E-state index in [0.717, 1.165) is 24.8 Å². The van der Waals surface area contributed by atoms with E-state index in [4.69, 9.17) is 0 Å². The molecule has 1 aromatic rings. The van der Waals surface area contributed by atoms with Crippen molar-refractivity contribution < 1.29 is 9.50 Å². The molecule has 2 atom stereocenters. The highest BCUT2D eigenvalue weighted by Crippen LogP contribution is 2.26. The van der Waals surface area contributed by atoms with Gasteiger partial charge in [-0.2, -0.15) is 0 Å². The van der Waals surface area contributed by atoms with Crippen LogP contribution < -0.4 is 0 Å². The van der Waals surface area contributed by atoms with Gasteiger partial charge in [0, 0.05) is 12.5 Å². The standard InChI is InChI=1S/C14H21FO/c1-3-5-11(2)8-13(10-16)12-6-4-7-14(15)9-12/h4,6-7,9,11,13,16H,3,5,8,10H2,1-2H3. The third-order valence-corrected chi connectivity index (χ3v) is 3.01. The summed E-state index contributed by atoms with van der Waals surface area (Å²) in [6.45, 7) is 4.44. The van der Waals surface area contributed by atoms with Gasteiger partial charge in [-0.05, 0) is 30.0 Å². The van der Waals surface area contributed by atoms with Crippen LogP contribution in [0.5, 0.6) is 0 Å². The number of hydrogen-bond acceptors (Lipinski definition) is 1. The zero-order chi connectivity index (χ0) is 12.0. The van der Waals surface area contributed by atoms with Crippen LogP contribution in [-0.4, -0.2) is 11.7 Å². The Morgan fingerprint density at radius 1 is 1.38 bits per heavy atom. The summed E-state index contributed by atoms with van der Waals surface area (Å²) in [5.41, 5.74) is 0.908. The summed E-state index contributed by atoms with van der Waals surface area (Å²) in [5.74, 6) is 0.418. The van der Waals surface area contributed by atoms with Gasteiger partial charge in [-0.3, -0.25) is 0 Å². The Labute approximate surface area is 97.3 Å². The van der Waals surface area contributed by atoms with Crippen molar-refractivity contribution in [3.8, 4) is 0 Å². The SMILES string of the molecule is CCCC(C)CC(CO)c1cccc(F)c1. The molecule has 0 aliphatic heterocycles. The van der Waals surface area contributed by atoms with Crippen molar-refractivity contribution in [1.82, 2.24) is 0 Å². The lowest BCUT2D eigenvalue weighted by atomic mass is 9.88. The molecule has 0 saturated carbocycles. The van der Waals surface area contributed by atoms with Crippen LogP contribution in [-0.2, 0) is 0 Å². The van der Waals surface area contributed by atoms with E-state index in [1.165, 1.54) is 12.1 Å². The first-order valence-corrected chi connectivity index (χ1v) is 6.03. The maximum atomic E-state index is 13.1. The summed E-state index contributed by atoms with van der Waals surface area (Å²) in [7, 11) is 0. The van der Waals surface area contributed by atoms with Gasteiger partial charge in [-0.15, -0.1) is 0 Å². The molecule has 0 aliphatic rings. The van der Waals surface area contributed by atoms with Crippen molar-refractivity contribution in [2.75, 3.05) is 6.61 Å². The lowest BCUT2D eigenvalue weighted by Crippen LogP contribution is -2.09. The Morgan fingerprint density at radius 2 is 2.12 bits per heavy atom. The van der Waals surface area contributed by atoms with Crippen LogP contribution in [0.2, 0.25) is 0 Å². The van der Waals surface area contributed by atoms with Crippen molar-refractivity contribution in [2.45, 2.75) is 39.0 Å². The van der Waals surface area contributed by atoms with E-state index in [-0.39, 0.29) is 18.3 Å². The Balaban J connectivity index is 2.67. The molecule has 1 rings (SSSR count). The summed E-state index contributed by atoms with van der Waals surface area (Å²) in [6.07, 6.45) is 3.24. The van der Waals surface area contributed by atoms with E-state index in [0.29, 0.717) is 5.92 Å². The van der Waals surface area contributed by atoms with Gasteiger partial charge in [-0.25, -0.2) is 4.39 Å². The molecule has 0 amide bonds. The summed E-state index contributed by atoms with van der Waals surface area (Å²) < 4.78 is 13.1. The fraction of sp³-hybridized carbons (Fsp3) is 0.571. The van der Waals surface area contributed by atoms with Gasteiger partial charge in [0.15, 0.2) is 0 Å². The second-order valence-corrected chi connectivity index (χ2v) is 4.56. The highest BCUT2D eigenvalue weighted by atomic mass is 19.1. The van der Waals surface area contributed by atoms with Crippen molar-refractivity contribution in [3.05, 3.63) is 35.6 Å². The number of aliphatic hydroxyl groups is 1. The quantitative estimate of drug-likeness (QED) is 0.780. The Kier molecular flexibility index (Phi) is 5.47. The molecule has 0 saturated heterocycles. The Morgan fingerprint density at radius 3 is 2.69 bits per heavy atom. The summed E-state index contributed by atoms with van der Waals surface area (Å²) >= 11 is 0. The first kappa shape index (κ1) is 13.2. The summed E-state index contributed by atoms with van der Waals surface area (Å²) in [4.78, 5) is 0. The smallest absolute Gasteiger partial charge is 0.123 e. The molecule has 0 aliphatic carbocycles. The second kappa shape index (κ2) is 6.64. The molecule has 2 unspecified atom stereocenters. The molecule has 90 valence electrons. The molecule has 16 heavy (non-hydrogen) atoms. The van der Waals surface area contributed by atoms with Crippen molar-refractivity contribution in [1.29, 1.82) is 0 Å². The second-order valence-electron chi connectivity index (χ2n) is 4.56. The summed E-state index contributed by atoms with van der Waals surface area (Å²) in [6, 6.07) is 6.56.